The summed E-state index contributed by atoms with van der Waals surface area (Å²) in [7, 11) is 0. The summed E-state index contributed by atoms with van der Waals surface area (Å²) in [4.78, 5) is 25.7. The van der Waals surface area contributed by atoms with Crippen LogP contribution >= 0.6 is 0 Å². The predicted molar refractivity (Wildman–Crippen MR) is 92.5 cm³/mol. The summed E-state index contributed by atoms with van der Waals surface area (Å²) in [5.41, 5.74) is -1.27. The number of alkyl halides is 3. The number of aromatic nitrogens is 2. The number of carbonyl (C=O) groups is 2. The van der Waals surface area contributed by atoms with Gasteiger partial charge in [0.1, 0.15) is 12.1 Å². The van der Waals surface area contributed by atoms with E-state index in [-0.39, 0.29) is 42.3 Å². The number of amides is 1. The Balaban J connectivity index is 1.94. The topological polar surface area (TPSA) is 84.7 Å². The number of carboxylic acid groups (broad SMARTS) is 1. The second-order valence-corrected chi connectivity index (χ2v) is 8.73. The number of piperidine rings is 1. The van der Waals surface area contributed by atoms with E-state index in [1.54, 1.807) is 0 Å². The minimum Gasteiger partial charge on any atom is -0.482 e. The summed E-state index contributed by atoms with van der Waals surface area (Å²) in [6, 6.07) is -0.390. The Labute approximate surface area is 160 Å². The largest absolute Gasteiger partial charge is 0.482 e. The van der Waals surface area contributed by atoms with Gasteiger partial charge in [0.25, 0.3) is 0 Å². The first-order valence-corrected chi connectivity index (χ1v) is 9.08. The van der Waals surface area contributed by atoms with Crippen molar-refractivity contribution < 1.29 is 32.6 Å². The Morgan fingerprint density at radius 1 is 1.36 bits per heavy atom. The molecule has 2 aliphatic rings. The summed E-state index contributed by atoms with van der Waals surface area (Å²) in [5.74, 6) is -0.293. The van der Waals surface area contributed by atoms with E-state index in [9.17, 15) is 27.9 Å². The number of carbonyl (C=O) groups excluding carboxylic acids is 1. The molecule has 1 saturated heterocycles. The Bertz CT molecular complexity index is 812. The van der Waals surface area contributed by atoms with Crippen LogP contribution < -0.4 is 4.74 Å². The van der Waals surface area contributed by atoms with Crippen LogP contribution in [0.4, 0.5) is 18.0 Å². The number of hydrogen-bond acceptors (Lipinski definition) is 4. The van der Waals surface area contributed by atoms with Crippen molar-refractivity contribution in [2.45, 2.75) is 71.3 Å². The van der Waals surface area contributed by atoms with Crippen LogP contribution in [0.2, 0.25) is 0 Å². The van der Waals surface area contributed by atoms with Crippen molar-refractivity contribution >= 4 is 11.9 Å². The Hall–Kier alpha value is -2.26. The fourth-order valence-electron chi connectivity index (χ4n) is 4.09. The van der Waals surface area contributed by atoms with Crippen LogP contribution in [0.15, 0.2) is 0 Å². The fraction of sp³-hybridized carbons (Fsp3) is 0.722. The maximum atomic E-state index is 12.8. The molecule has 1 amide bonds. The SMILES string of the molecule is Cc1c2c(nn1CC(F)(F)F)C(=O)CC1(CCN(C(=O)O)C(C(C)(C)C)C1)O2. The number of halogens is 3. The number of likely N-dealkylation sites (tertiary alicyclic amines) is 1. The number of rotatable bonds is 1. The summed E-state index contributed by atoms with van der Waals surface area (Å²) in [6.45, 7) is 6.07. The highest BCUT2D eigenvalue weighted by Crippen LogP contribution is 2.45. The highest BCUT2D eigenvalue weighted by molar-refractivity contribution is 5.99. The number of nitrogens with zero attached hydrogens (tertiary/aromatic N) is 3. The standard InChI is InChI=1S/C18H24F3N3O4/c1-10-14-13(22-24(10)9-18(19,20)21)11(25)7-17(28-14)5-6-23(15(26)27)12(8-17)16(2,3)4/h12H,5-9H2,1-4H3,(H,26,27). The van der Waals surface area contributed by atoms with Crippen molar-refractivity contribution in [3.8, 4) is 5.75 Å². The van der Waals surface area contributed by atoms with Gasteiger partial charge in [0.15, 0.2) is 17.2 Å². The molecule has 1 spiro atoms. The van der Waals surface area contributed by atoms with E-state index in [1.165, 1.54) is 11.8 Å². The lowest BCUT2D eigenvalue weighted by atomic mass is 9.72. The third-order valence-electron chi connectivity index (χ3n) is 5.54. The minimum absolute atomic E-state index is 0.0253. The molecule has 156 valence electrons. The molecule has 2 aliphatic heterocycles. The molecule has 1 aromatic heterocycles. The average molecular weight is 403 g/mol. The molecule has 1 fully saturated rings. The predicted octanol–water partition coefficient (Wildman–Crippen LogP) is 3.65. The maximum absolute atomic E-state index is 12.8. The smallest absolute Gasteiger partial charge is 0.408 e. The van der Waals surface area contributed by atoms with Gasteiger partial charge < -0.3 is 14.7 Å². The lowest BCUT2D eigenvalue weighted by Crippen LogP contribution is -2.59. The van der Waals surface area contributed by atoms with Crippen LogP contribution in [0.25, 0.3) is 0 Å². The van der Waals surface area contributed by atoms with Crippen molar-refractivity contribution in [2.24, 2.45) is 5.41 Å². The van der Waals surface area contributed by atoms with Crippen molar-refractivity contribution in [3.05, 3.63) is 11.4 Å². The number of fused-ring (bicyclic) bond motifs is 1. The monoisotopic (exact) mass is 403 g/mol. The van der Waals surface area contributed by atoms with Gasteiger partial charge >= 0.3 is 12.3 Å². The Morgan fingerprint density at radius 3 is 2.54 bits per heavy atom. The molecule has 0 aromatic carbocycles. The normalized spacial score (nSPS) is 25.6. The van der Waals surface area contributed by atoms with Gasteiger partial charge in [-0.05, 0) is 12.3 Å². The molecule has 1 aromatic rings. The van der Waals surface area contributed by atoms with Gasteiger partial charge in [-0.2, -0.15) is 18.3 Å². The average Bonchev–Trinajstić information content (AvgIpc) is 2.81. The van der Waals surface area contributed by atoms with E-state index in [1.807, 2.05) is 20.8 Å². The van der Waals surface area contributed by atoms with Crippen molar-refractivity contribution in [2.75, 3.05) is 6.54 Å². The number of Topliss-reactive ketones (excluding diaryl/α,β-unsaturated/α-hetero) is 1. The highest BCUT2D eigenvalue weighted by atomic mass is 19.4. The lowest BCUT2D eigenvalue weighted by Gasteiger charge is -2.50. The molecular formula is C18H24F3N3O4. The molecule has 28 heavy (non-hydrogen) atoms. The molecule has 10 heteroatoms. The van der Waals surface area contributed by atoms with E-state index in [0.29, 0.717) is 6.42 Å². The van der Waals surface area contributed by atoms with Crippen molar-refractivity contribution in [3.63, 3.8) is 0 Å². The fourth-order valence-corrected chi connectivity index (χ4v) is 4.09. The molecule has 2 unspecified atom stereocenters. The van der Waals surface area contributed by atoms with Gasteiger partial charge in [-0.3, -0.25) is 9.48 Å². The molecule has 0 bridgehead atoms. The van der Waals surface area contributed by atoms with Crippen LogP contribution in [0.3, 0.4) is 0 Å². The molecule has 1 N–H and O–H groups in total. The third kappa shape index (κ3) is 3.68. The zero-order chi connectivity index (χ0) is 21.1. The molecule has 0 radical (unpaired) electrons. The van der Waals surface area contributed by atoms with Crippen LogP contribution in [0.1, 0.15) is 56.2 Å². The summed E-state index contributed by atoms with van der Waals surface area (Å²) < 4.78 is 45.2. The summed E-state index contributed by atoms with van der Waals surface area (Å²) >= 11 is 0. The zero-order valence-corrected chi connectivity index (χ0v) is 16.3. The molecular weight excluding hydrogens is 379 g/mol. The van der Waals surface area contributed by atoms with E-state index in [0.717, 1.165) is 4.68 Å². The first-order chi connectivity index (χ1) is 12.7. The second-order valence-electron chi connectivity index (χ2n) is 8.73. The van der Waals surface area contributed by atoms with Crippen LogP contribution in [-0.4, -0.2) is 56.0 Å². The molecule has 0 aliphatic carbocycles. The van der Waals surface area contributed by atoms with E-state index in [2.05, 4.69) is 5.10 Å². The van der Waals surface area contributed by atoms with Crippen LogP contribution in [-0.2, 0) is 6.54 Å². The highest BCUT2D eigenvalue weighted by Gasteiger charge is 2.51. The maximum Gasteiger partial charge on any atom is 0.408 e. The number of ketones is 1. The summed E-state index contributed by atoms with van der Waals surface area (Å²) in [5, 5.41) is 13.3. The molecule has 3 rings (SSSR count). The first-order valence-electron chi connectivity index (χ1n) is 9.08. The van der Waals surface area contributed by atoms with E-state index >= 15 is 0 Å². The van der Waals surface area contributed by atoms with Gasteiger partial charge in [-0.1, -0.05) is 20.8 Å². The van der Waals surface area contributed by atoms with Crippen molar-refractivity contribution in [1.29, 1.82) is 0 Å². The number of hydrogen-bond donors (Lipinski definition) is 1. The quantitative estimate of drug-likeness (QED) is 0.774. The first kappa shape index (κ1) is 20.5. The third-order valence-corrected chi connectivity index (χ3v) is 5.54. The molecule has 2 atom stereocenters. The minimum atomic E-state index is -4.47. The van der Waals surface area contributed by atoms with Crippen molar-refractivity contribution in [1.82, 2.24) is 14.7 Å². The van der Waals surface area contributed by atoms with Gasteiger partial charge in [0, 0.05) is 25.4 Å². The Kier molecular flexibility index (Phi) is 4.67. The van der Waals surface area contributed by atoms with Gasteiger partial charge in [-0.25, -0.2) is 4.79 Å². The van der Waals surface area contributed by atoms with E-state index in [4.69, 9.17) is 4.74 Å². The van der Waals surface area contributed by atoms with Crippen LogP contribution in [0, 0.1) is 12.3 Å². The van der Waals surface area contributed by atoms with E-state index < -0.39 is 35.9 Å². The van der Waals surface area contributed by atoms with Crippen LogP contribution in [0.5, 0.6) is 5.75 Å². The lowest BCUT2D eigenvalue weighted by molar-refractivity contribution is -0.143. The molecule has 0 saturated carbocycles. The van der Waals surface area contributed by atoms with Gasteiger partial charge in [-0.15, -0.1) is 0 Å². The molecule has 3 heterocycles. The second kappa shape index (κ2) is 6.38. The van der Waals surface area contributed by atoms with Gasteiger partial charge in [0.2, 0.25) is 0 Å². The van der Waals surface area contributed by atoms with Gasteiger partial charge in [0.05, 0.1) is 12.1 Å². The molecule has 7 nitrogen and oxygen atoms in total. The zero-order valence-electron chi connectivity index (χ0n) is 16.3. The Morgan fingerprint density at radius 2 is 2.00 bits per heavy atom. The summed E-state index contributed by atoms with van der Waals surface area (Å²) in [6.07, 6.45) is -4.95. The number of ether oxygens (including phenoxy) is 1.